The normalized spacial score (nSPS) is 42.8. The molecular formula is C9H17NO. The van der Waals surface area contributed by atoms with Gasteiger partial charge in [0.05, 0.1) is 6.61 Å². The summed E-state index contributed by atoms with van der Waals surface area (Å²) in [5.41, 5.74) is 0. The smallest absolute Gasteiger partial charge is 0.0616 e. The first-order chi connectivity index (χ1) is 5.40. The molecule has 0 radical (unpaired) electrons. The van der Waals surface area contributed by atoms with E-state index in [1.165, 1.54) is 25.7 Å². The predicted octanol–water partition coefficient (Wildman–Crippen LogP) is 1.16. The summed E-state index contributed by atoms with van der Waals surface area (Å²) in [5.74, 6) is 0.968. The van der Waals surface area contributed by atoms with Gasteiger partial charge in [0.15, 0.2) is 0 Å². The summed E-state index contributed by atoms with van der Waals surface area (Å²) >= 11 is 0. The van der Waals surface area contributed by atoms with E-state index in [9.17, 15) is 0 Å². The minimum absolute atomic E-state index is 0.648. The Kier molecular flexibility index (Phi) is 2.14. The van der Waals surface area contributed by atoms with Crippen LogP contribution in [0.1, 0.15) is 25.7 Å². The largest absolute Gasteiger partial charge is 0.383 e. The van der Waals surface area contributed by atoms with Gasteiger partial charge in [0.2, 0.25) is 0 Å². The maximum absolute atomic E-state index is 5.13. The summed E-state index contributed by atoms with van der Waals surface area (Å²) in [6, 6.07) is 1.48. The molecule has 2 aliphatic rings. The second-order valence-electron chi connectivity index (χ2n) is 3.85. The highest BCUT2D eigenvalue weighted by Crippen LogP contribution is 2.34. The Bertz CT molecular complexity index is 126. The number of hydrogen-bond donors (Lipinski definition) is 1. The first kappa shape index (κ1) is 7.56. The first-order valence-corrected chi connectivity index (χ1v) is 4.65. The maximum atomic E-state index is 5.13. The number of hydrogen-bond acceptors (Lipinski definition) is 2. The molecule has 1 saturated carbocycles. The van der Waals surface area contributed by atoms with Gasteiger partial charge in [-0.2, -0.15) is 0 Å². The van der Waals surface area contributed by atoms with Crippen LogP contribution in [0.25, 0.3) is 0 Å². The number of nitrogens with one attached hydrogen (secondary N) is 1. The first-order valence-electron chi connectivity index (χ1n) is 4.65. The van der Waals surface area contributed by atoms with Crippen LogP contribution in [0, 0.1) is 5.92 Å². The van der Waals surface area contributed by atoms with Crippen LogP contribution >= 0.6 is 0 Å². The number of rotatable bonds is 2. The molecule has 1 saturated heterocycles. The Balaban J connectivity index is 1.84. The highest BCUT2D eigenvalue weighted by molar-refractivity contribution is 4.94. The van der Waals surface area contributed by atoms with Gasteiger partial charge in [0, 0.05) is 19.2 Å². The zero-order valence-corrected chi connectivity index (χ0v) is 7.18. The van der Waals surface area contributed by atoms with Crippen LogP contribution in [0.5, 0.6) is 0 Å². The van der Waals surface area contributed by atoms with Gasteiger partial charge in [0.1, 0.15) is 0 Å². The van der Waals surface area contributed by atoms with Crippen LogP contribution < -0.4 is 5.32 Å². The van der Waals surface area contributed by atoms with Gasteiger partial charge in [0.25, 0.3) is 0 Å². The lowest BCUT2D eigenvalue weighted by Gasteiger charge is -2.10. The number of ether oxygens (including phenoxy) is 1. The van der Waals surface area contributed by atoms with Gasteiger partial charge in [-0.15, -0.1) is 0 Å². The van der Waals surface area contributed by atoms with E-state index in [4.69, 9.17) is 4.74 Å². The molecule has 0 aromatic carbocycles. The summed E-state index contributed by atoms with van der Waals surface area (Å²) in [5, 5.41) is 3.63. The summed E-state index contributed by atoms with van der Waals surface area (Å²) < 4.78 is 5.13. The van der Waals surface area contributed by atoms with Crippen LogP contribution in [-0.2, 0) is 4.74 Å². The molecule has 1 heterocycles. The molecule has 64 valence electrons. The van der Waals surface area contributed by atoms with Gasteiger partial charge >= 0.3 is 0 Å². The van der Waals surface area contributed by atoms with Crippen molar-refractivity contribution in [1.29, 1.82) is 0 Å². The molecule has 2 fully saturated rings. The Morgan fingerprint density at radius 2 is 2.36 bits per heavy atom. The van der Waals surface area contributed by atoms with Gasteiger partial charge in [-0.1, -0.05) is 6.42 Å². The molecule has 2 rings (SSSR count). The highest BCUT2D eigenvalue weighted by Gasteiger charge is 2.36. The third kappa shape index (κ3) is 1.42. The lowest BCUT2D eigenvalue weighted by atomic mass is 10.0. The SMILES string of the molecule is COC[C@@H]1C[C@@H]2CCC[C@@H]2N1. The third-order valence-corrected chi connectivity index (χ3v) is 3.06. The van der Waals surface area contributed by atoms with E-state index in [-0.39, 0.29) is 0 Å². The fourth-order valence-electron chi connectivity index (χ4n) is 2.59. The van der Waals surface area contributed by atoms with Crippen LogP contribution in [-0.4, -0.2) is 25.8 Å². The van der Waals surface area contributed by atoms with Crippen LogP contribution in [0.2, 0.25) is 0 Å². The molecule has 0 aromatic heterocycles. The van der Waals surface area contributed by atoms with Gasteiger partial charge in [-0.05, 0) is 25.2 Å². The second-order valence-corrected chi connectivity index (χ2v) is 3.85. The molecule has 0 spiro atoms. The molecule has 11 heavy (non-hydrogen) atoms. The number of fused-ring (bicyclic) bond motifs is 1. The molecule has 3 atom stereocenters. The van der Waals surface area contributed by atoms with Crippen LogP contribution in [0.4, 0.5) is 0 Å². The maximum Gasteiger partial charge on any atom is 0.0616 e. The molecule has 1 aliphatic carbocycles. The lowest BCUT2D eigenvalue weighted by Crippen LogP contribution is -2.32. The van der Waals surface area contributed by atoms with E-state index >= 15 is 0 Å². The minimum atomic E-state index is 0.648. The van der Waals surface area contributed by atoms with E-state index in [2.05, 4.69) is 5.32 Å². The molecular weight excluding hydrogens is 138 g/mol. The average molecular weight is 155 g/mol. The van der Waals surface area contributed by atoms with E-state index in [0.717, 1.165) is 18.6 Å². The van der Waals surface area contributed by atoms with Crippen molar-refractivity contribution in [3.63, 3.8) is 0 Å². The van der Waals surface area contributed by atoms with E-state index in [0.29, 0.717) is 6.04 Å². The topological polar surface area (TPSA) is 21.3 Å². The quantitative estimate of drug-likeness (QED) is 0.646. The molecule has 1 N–H and O–H groups in total. The Morgan fingerprint density at radius 3 is 3.09 bits per heavy atom. The van der Waals surface area contributed by atoms with Gasteiger partial charge < -0.3 is 10.1 Å². The van der Waals surface area contributed by atoms with Crippen molar-refractivity contribution in [2.24, 2.45) is 5.92 Å². The molecule has 0 bridgehead atoms. The molecule has 0 aromatic rings. The Labute approximate surface area is 68.3 Å². The molecule has 0 unspecified atom stereocenters. The standard InChI is InChI=1S/C9H17NO/c1-11-6-8-5-7-3-2-4-9(7)10-8/h7-10H,2-6H2,1H3/t7-,8-,9-/m0/s1. The molecule has 2 nitrogen and oxygen atoms in total. The van der Waals surface area contributed by atoms with Crippen molar-refractivity contribution in [2.75, 3.05) is 13.7 Å². The summed E-state index contributed by atoms with van der Waals surface area (Å²) in [4.78, 5) is 0. The van der Waals surface area contributed by atoms with Crippen molar-refractivity contribution in [3.8, 4) is 0 Å². The van der Waals surface area contributed by atoms with Crippen molar-refractivity contribution in [2.45, 2.75) is 37.8 Å². The second kappa shape index (κ2) is 3.11. The monoisotopic (exact) mass is 155 g/mol. The summed E-state index contributed by atoms with van der Waals surface area (Å²) in [7, 11) is 1.79. The third-order valence-electron chi connectivity index (χ3n) is 3.06. The molecule has 0 amide bonds. The van der Waals surface area contributed by atoms with Gasteiger partial charge in [-0.25, -0.2) is 0 Å². The highest BCUT2D eigenvalue weighted by atomic mass is 16.5. The van der Waals surface area contributed by atoms with Crippen molar-refractivity contribution >= 4 is 0 Å². The fraction of sp³-hybridized carbons (Fsp3) is 1.00. The average Bonchev–Trinajstić information content (AvgIpc) is 2.46. The van der Waals surface area contributed by atoms with E-state index in [1.807, 2.05) is 0 Å². The number of methoxy groups -OCH3 is 1. The predicted molar refractivity (Wildman–Crippen MR) is 44.5 cm³/mol. The van der Waals surface area contributed by atoms with Crippen LogP contribution in [0.3, 0.4) is 0 Å². The fourth-order valence-corrected chi connectivity index (χ4v) is 2.59. The molecule has 1 aliphatic heterocycles. The van der Waals surface area contributed by atoms with Crippen molar-refractivity contribution < 1.29 is 4.74 Å². The zero-order valence-electron chi connectivity index (χ0n) is 7.18. The lowest BCUT2D eigenvalue weighted by molar-refractivity contribution is 0.170. The van der Waals surface area contributed by atoms with Crippen molar-refractivity contribution in [3.05, 3.63) is 0 Å². The van der Waals surface area contributed by atoms with Crippen LogP contribution in [0.15, 0.2) is 0 Å². The Hall–Kier alpha value is -0.0800. The summed E-state index contributed by atoms with van der Waals surface area (Å²) in [6.07, 6.45) is 5.61. The van der Waals surface area contributed by atoms with Gasteiger partial charge in [-0.3, -0.25) is 0 Å². The zero-order chi connectivity index (χ0) is 7.68. The van der Waals surface area contributed by atoms with E-state index < -0.39 is 0 Å². The molecule has 2 heteroatoms. The summed E-state index contributed by atoms with van der Waals surface area (Å²) in [6.45, 7) is 0.896. The Morgan fingerprint density at radius 1 is 1.45 bits per heavy atom. The van der Waals surface area contributed by atoms with E-state index in [1.54, 1.807) is 7.11 Å². The minimum Gasteiger partial charge on any atom is -0.383 e. The van der Waals surface area contributed by atoms with Crippen molar-refractivity contribution in [1.82, 2.24) is 5.32 Å².